The van der Waals surface area contributed by atoms with Crippen LogP contribution in [0.4, 0.5) is 0 Å². The molecule has 0 radical (unpaired) electrons. The van der Waals surface area contributed by atoms with E-state index < -0.39 is 5.97 Å². The van der Waals surface area contributed by atoms with Gasteiger partial charge in [-0.3, -0.25) is 4.79 Å². The van der Waals surface area contributed by atoms with Crippen molar-refractivity contribution in [2.45, 2.75) is 26.3 Å². The van der Waals surface area contributed by atoms with E-state index in [9.17, 15) is 9.59 Å². The van der Waals surface area contributed by atoms with E-state index in [1.807, 2.05) is 37.3 Å². The monoisotopic (exact) mass is 304 g/mol. The van der Waals surface area contributed by atoms with E-state index in [0.29, 0.717) is 10.7 Å². The maximum Gasteiger partial charge on any atom is 0.347 e. The Morgan fingerprint density at radius 2 is 2.00 bits per heavy atom. The summed E-state index contributed by atoms with van der Waals surface area (Å²) in [5.41, 5.74) is 1.42. The summed E-state index contributed by atoms with van der Waals surface area (Å²) in [5.74, 6) is -1.35. The Bertz CT molecular complexity index is 652. The maximum atomic E-state index is 12.1. The molecule has 0 spiro atoms. The predicted molar refractivity (Wildman–Crippen MR) is 80.5 cm³/mol. The minimum absolute atomic E-state index is 0.106. The van der Waals surface area contributed by atoms with Crippen molar-refractivity contribution in [3.8, 4) is 0 Å². The summed E-state index contributed by atoms with van der Waals surface area (Å²) < 4.78 is 0. The van der Waals surface area contributed by atoms with Gasteiger partial charge in [-0.2, -0.15) is 0 Å². The fourth-order valence-electron chi connectivity index (χ4n) is 1.94. The second-order valence-electron chi connectivity index (χ2n) is 4.68. The van der Waals surface area contributed by atoms with E-state index >= 15 is 0 Å². The van der Waals surface area contributed by atoms with Gasteiger partial charge in [-0.25, -0.2) is 9.78 Å². The number of carbonyl (C=O) groups excluding carboxylic acids is 1. The van der Waals surface area contributed by atoms with Crippen LogP contribution in [-0.4, -0.2) is 22.0 Å². The van der Waals surface area contributed by atoms with Gasteiger partial charge in [0.15, 0.2) is 0 Å². The molecule has 2 N–H and O–H groups in total. The summed E-state index contributed by atoms with van der Waals surface area (Å²) in [4.78, 5) is 27.4. The number of nitrogens with one attached hydrogen (secondary N) is 1. The Hall–Kier alpha value is -2.21. The third kappa shape index (κ3) is 3.66. The number of carbonyl (C=O) groups is 2. The fourth-order valence-corrected chi connectivity index (χ4v) is 2.78. The second kappa shape index (κ2) is 6.49. The molecule has 1 atom stereocenters. The molecule has 0 saturated heterocycles. The highest BCUT2D eigenvalue weighted by molar-refractivity contribution is 7.13. The minimum atomic E-state index is -0.986. The van der Waals surface area contributed by atoms with Gasteiger partial charge in [0, 0.05) is 0 Å². The van der Waals surface area contributed by atoms with E-state index in [0.717, 1.165) is 16.9 Å². The van der Waals surface area contributed by atoms with Crippen molar-refractivity contribution < 1.29 is 14.7 Å². The highest BCUT2D eigenvalue weighted by Gasteiger charge is 2.17. The van der Waals surface area contributed by atoms with Crippen LogP contribution in [-0.2, 0) is 11.3 Å². The third-order valence-corrected chi connectivity index (χ3v) is 4.29. The molecule has 0 aliphatic rings. The lowest BCUT2D eigenvalue weighted by atomic mass is 10.0. The number of carboxylic acid groups (broad SMARTS) is 1. The SMILES string of the molecule is Cc1nc(CNC(=O)C(C)c2ccccc2)sc1C(=O)O. The summed E-state index contributed by atoms with van der Waals surface area (Å²) in [7, 11) is 0. The predicted octanol–water partition coefficient (Wildman–Crippen LogP) is 2.57. The normalized spacial score (nSPS) is 11.9. The molecule has 0 fully saturated rings. The molecule has 0 aliphatic heterocycles. The van der Waals surface area contributed by atoms with Crippen molar-refractivity contribution in [1.29, 1.82) is 0 Å². The second-order valence-corrected chi connectivity index (χ2v) is 5.76. The number of aromatic carboxylic acids is 1. The number of nitrogens with zero attached hydrogens (tertiary/aromatic N) is 1. The van der Waals surface area contributed by atoms with E-state index in [1.165, 1.54) is 0 Å². The van der Waals surface area contributed by atoms with E-state index in [4.69, 9.17) is 5.11 Å². The van der Waals surface area contributed by atoms with Gasteiger partial charge >= 0.3 is 5.97 Å². The molecule has 1 amide bonds. The number of amides is 1. The number of hydrogen-bond acceptors (Lipinski definition) is 4. The van der Waals surface area contributed by atoms with Crippen LogP contribution in [0.5, 0.6) is 0 Å². The molecule has 5 nitrogen and oxygen atoms in total. The molecule has 1 aromatic heterocycles. The molecule has 2 rings (SSSR count). The van der Waals surface area contributed by atoms with Gasteiger partial charge < -0.3 is 10.4 Å². The highest BCUT2D eigenvalue weighted by atomic mass is 32.1. The average molecular weight is 304 g/mol. The van der Waals surface area contributed by atoms with Crippen molar-refractivity contribution in [2.24, 2.45) is 0 Å². The molecule has 6 heteroatoms. The summed E-state index contributed by atoms with van der Waals surface area (Å²) in [6.45, 7) is 3.73. The lowest BCUT2D eigenvalue weighted by Crippen LogP contribution is -2.27. The topological polar surface area (TPSA) is 79.3 Å². The zero-order valence-corrected chi connectivity index (χ0v) is 12.6. The number of thiazole rings is 1. The summed E-state index contributed by atoms with van der Waals surface area (Å²) in [5, 5.41) is 12.4. The van der Waals surface area contributed by atoms with Gasteiger partial charge in [0.2, 0.25) is 5.91 Å². The number of benzene rings is 1. The lowest BCUT2D eigenvalue weighted by molar-refractivity contribution is -0.122. The van der Waals surface area contributed by atoms with Gasteiger partial charge in [0.1, 0.15) is 9.88 Å². The van der Waals surface area contributed by atoms with E-state index in [2.05, 4.69) is 10.3 Å². The van der Waals surface area contributed by atoms with Crippen LogP contribution in [0, 0.1) is 6.92 Å². The van der Waals surface area contributed by atoms with Crippen LogP contribution in [0.2, 0.25) is 0 Å². The Kier molecular flexibility index (Phi) is 4.70. The molecule has 2 aromatic rings. The Balaban J connectivity index is 1.98. The summed E-state index contributed by atoms with van der Waals surface area (Å²) in [6.07, 6.45) is 0. The zero-order valence-electron chi connectivity index (χ0n) is 11.8. The fraction of sp³-hybridized carbons (Fsp3) is 0.267. The average Bonchev–Trinajstić information content (AvgIpc) is 2.86. The van der Waals surface area contributed by atoms with Gasteiger partial charge in [0.05, 0.1) is 18.2 Å². The van der Waals surface area contributed by atoms with Crippen molar-refractivity contribution in [3.63, 3.8) is 0 Å². The molecule has 0 bridgehead atoms. The lowest BCUT2D eigenvalue weighted by Gasteiger charge is -2.11. The zero-order chi connectivity index (χ0) is 15.4. The van der Waals surface area contributed by atoms with Crippen LogP contribution < -0.4 is 5.32 Å². The molecule has 1 unspecified atom stereocenters. The first-order valence-electron chi connectivity index (χ1n) is 6.51. The summed E-state index contributed by atoms with van der Waals surface area (Å²) >= 11 is 1.09. The minimum Gasteiger partial charge on any atom is -0.477 e. The van der Waals surface area contributed by atoms with Gasteiger partial charge in [0.25, 0.3) is 0 Å². The summed E-state index contributed by atoms with van der Waals surface area (Å²) in [6, 6.07) is 9.49. The van der Waals surface area contributed by atoms with Crippen LogP contribution in [0.25, 0.3) is 0 Å². The molecule has 0 saturated carbocycles. The molecular weight excluding hydrogens is 288 g/mol. The van der Waals surface area contributed by atoms with Crippen molar-refractivity contribution in [2.75, 3.05) is 0 Å². The van der Waals surface area contributed by atoms with Crippen LogP contribution in [0.1, 0.15) is 38.8 Å². The van der Waals surface area contributed by atoms with E-state index in [1.54, 1.807) is 6.92 Å². The quantitative estimate of drug-likeness (QED) is 0.889. The first-order valence-corrected chi connectivity index (χ1v) is 7.33. The maximum absolute atomic E-state index is 12.1. The Morgan fingerprint density at radius 1 is 1.33 bits per heavy atom. The highest BCUT2D eigenvalue weighted by Crippen LogP contribution is 2.19. The van der Waals surface area contributed by atoms with Crippen LogP contribution in [0.15, 0.2) is 30.3 Å². The van der Waals surface area contributed by atoms with Gasteiger partial charge in [-0.05, 0) is 19.4 Å². The molecule has 1 heterocycles. The van der Waals surface area contributed by atoms with Crippen LogP contribution in [0.3, 0.4) is 0 Å². The smallest absolute Gasteiger partial charge is 0.347 e. The Morgan fingerprint density at radius 3 is 2.57 bits per heavy atom. The molecule has 21 heavy (non-hydrogen) atoms. The molecule has 110 valence electrons. The van der Waals surface area contributed by atoms with Gasteiger partial charge in [-0.1, -0.05) is 30.3 Å². The standard InChI is InChI=1S/C15H16N2O3S/c1-9(11-6-4-3-5-7-11)14(18)16-8-12-17-10(2)13(21-12)15(19)20/h3-7,9H,8H2,1-2H3,(H,16,18)(H,19,20). The number of carboxylic acids is 1. The van der Waals surface area contributed by atoms with Crippen LogP contribution >= 0.6 is 11.3 Å². The van der Waals surface area contributed by atoms with Crippen molar-refractivity contribution in [1.82, 2.24) is 10.3 Å². The van der Waals surface area contributed by atoms with Crippen molar-refractivity contribution >= 4 is 23.2 Å². The first-order chi connectivity index (χ1) is 9.99. The Labute approximate surface area is 126 Å². The number of rotatable bonds is 5. The number of hydrogen-bond donors (Lipinski definition) is 2. The molecule has 0 aliphatic carbocycles. The third-order valence-electron chi connectivity index (χ3n) is 3.14. The molecular formula is C15H16N2O3S. The van der Waals surface area contributed by atoms with E-state index in [-0.39, 0.29) is 23.2 Å². The first kappa shape index (κ1) is 15.2. The largest absolute Gasteiger partial charge is 0.477 e. The molecule has 1 aromatic carbocycles. The van der Waals surface area contributed by atoms with Crippen molar-refractivity contribution in [3.05, 3.63) is 51.5 Å². The number of aromatic nitrogens is 1. The van der Waals surface area contributed by atoms with Gasteiger partial charge in [-0.15, -0.1) is 11.3 Å². The number of aryl methyl sites for hydroxylation is 1.